The van der Waals surface area contributed by atoms with Crippen LogP contribution in [-0.2, 0) is 0 Å². The first-order valence-electron chi connectivity index (χ1n) is 4.12. The molecule has 0 radical (unpaired) electrons. The Morgan fingerprint density at radius 1 is 1.71 bits per heavy atom. The van der Waals surface area contributed by atoms with Gasteiger partial charge in [-0.2, -0.15) is 0 Å². The molecule has 0 saturated carbocycles. The predicted octanol–water partition coefficient (Wildman–Crippen LogP) is 1.91. The molecule has 0 bridgehead atoms. The third-order valence-corrected chi connectivity index (χ3v) is 2.18. The fourth-order valence-electron chi connectivity index (χ4n) is 0.795. The maximum Gasteiger partial charge on any atom is 0.355 e. The number of halogens is 1. The number of H-pyrrole nitrogens is 1. The molecule has 78 valence electrons. The average molecular weight is 263 g/mol. The van der Waals surface area contributed by atoms with Crippen molar-refractivity contribution in [1.82, 2.24) is 10.2 Å². The molecule has 0 fully saturated rings. The Bertz CT molecular complexity index is 335. The van der Waals surface area contributed by atoms with Gasteiger partial charge >= 0.3 is 5.97 Å². The summed E-state index contributed by atoms with van der Waals surface area (Å²) in [5.74, 6) is -0.410. The van der Waals surface area contributed by atoms with E-state index in [-0.39, 0.29) is 11.6 Å². The molecular formula is C8H11BrN2O3. The van der Waals surface area contributed by atoms with Gasteiger partial charge in [-0.25, -0.2) is 4.79 Å². The van der Waals surface area contributed by atoms with Gasteiger partial charge in [0.1, 0.15) is 4.47 Å². The van der Waals surface area contributed by atoms with E-state index in [1.807, 2.05) is 13.8 Å². The number of carboxylic acid groups (broad SMARTS) is 1. The van der Waals surface area contributed by atoms with Gasteiger partial charge in [0.15, 0.2) is 5.69 Å². The smallest absolute Gasteiger partial charge is 0.355 e. The van der Waals surface area contributed by atoms with Crippen LogP contribution < -0.4 is 4.74 Å². The van der Waals surface area contributed by atoms with E-state index < -0.39 is 5.97 Å². The summed E-state index contributed by atoms with van der Waals surface area (Å²) in [6.45, 7) is 4.50. The van der Waals surface area contributed by atoms with Crippen molar-refractivity contribution in [2.45, 2.75) is 13.8 Å². The van der Waals surface area contributed by atoms with E-state index in [1.165, 1.54) is 0 Å². The monoisotopic (exact) mass is 262 g/mol. The molecule has 14 heavy (non-hydrogen) atoms. The number of rotatable bonds is 4. The Morgan fingerprint density at radius 2 is 2.36 bits per heavy atom. The summed E-state index contributed by atoms with van der Waals surface area (Å²) in [5, 5.41) is 14.8. The Labute approximate surface area is 89.6 Å². The first-order valence-corrected chi connectivity index (χ1v) is 4.91. The molecule has 1 aromatic heterocycles. The van der Waals surface area contributed by atoms with Crippen LogP contribution in [0.3, 0.4) is 0 Å². The second-order valence-electron chi connectivity index (χ2n) is 3.23. The number of ether oxygens (including phenoxy) is 1. The number of nitrogens with one attached hydrogen (secondary N) is 1. The minimum absolute atomic E-state index is 0.00348. The molecule has 0 aliphatic carbocycles. The van der Waals surface area contributed by atoms with Crippen molar-refractivity contribution in [2.24, 2.45) is 5.92 Å². The van der Waals surface area contributed by atoms with Crippen molar-refractivity contribution >= 4 is 21.9 Å². The molecule has 0 aliphatic heterocycles. The van der Waals surface area contributed by atoms with E-state index >= 15 is 0 Å². The Morgan fingerprint density at radius 3 is 2.79 bits per heavy atom. The van der Waals surface area contributed by atoms with Crippen LogP contribution in [0.4, 0.5) is 0 Å². The molecule has 0 amide bonds. The molecular weight excluding hydrogens is 252 g/mol. The molecule has 2 N–H and O–H groups in total. The quantitative estimate of drug-likeness (QED) is 0.869. The molecule has 0 aromatic carbocycles. The van der Waals surface area contributed by atoms with E-state index in [9.17, 15) is 4.79 Å². The Hall–Kier alpha value is -1.04. The molecule has 1 rings (SSSR count). The van der Waals surface area contributed by atoms with Gasteiger partial charge in [0.25, 0.3) is 0 Å². The Balaban J connectivity index is 2.74. The molecule has 0 aliphatic rings. The van der Waals surface area contributed by atoms with E-state index in [4.69, 9.17) is 9.84 Å². The number of nitrogens with zero attached hydrogens (tertiary/aromatic N) is 1. The third kappa shape index (κ3) is 2.47. The highest BCUT2D eigenvalue weighted by Crippen LogP contribution is 2.25. The van der Waals surface area contributed by atoms with E-state index in [2.05, 4.69) is 26.1 Å². The number of hydrogen-bond donors (Lipinski definition) is 2. The van der Waals surface area contributed by atoms with Crippen molar-refractivity contribution in [3.63, 3.8) is 0 Å². The molecule has 0 saturated heterocycles. The van der Waals surface area contributed by atoms with E-state index in [0.29, 0.717) is 17.0 Å². The SMILES string of the molecule is CC(C)COc1n[nH]c(C(=O)O)c1Br. The zero-order valence-electron chi connectivity index (χ0n) is 7.87. The van der Waals surface area contributed by atoms with Crippen molar-refractivity contribution < 1.29 is 14.6 Å². The lowest BCUT2D eigenvalue weighted by Crippen LogP contribution is -2.05. The van der Waals surface area contributed by atoms with Gasteiger partial charge < -0.3 is 9.84 Å². The molecule has 0 unspecified atom stereocenters. The second kappa shape index (κ2) is 4.45. The minimum Gasteiger partial charge on any atom is -0.476 e. The lowest BCUT2D eigenvalue weighted by molar-refractivity contribution is 0.0689. The van der Waals surface area contributed by atoms with Crippen LogP contribution in [0.1, 0.15) is 24.3 Å². The highest BCUT2D eigenvalue weighted by molar-refractivity contribution is 9.10. The van der Waals surface area contributed by atoms with E-state index in [0.717, 1.165) is 0 Å². The predicted molar refractivity (Wildman–Crippen MR) is 53.6 cm³/mol. The molecule has 1 aromatic rings. The van der Waals surface area contributed by atoms with Gasteiger partial charge in [-0.15, -0.1) is 5.10 Å². The van der Waals surface area contributed by atoms with Crippen LogP contribution in [0.25, 0.3) is 0 Å². The lowest BCUT2D eigenvalue weighted by Gasteiger charge is -2.05. The summed E-state index contributed by atoms with van der Waals surface area (Å²) in [6, 6.07) is 0. The van der Waals surface area contributed by atoms with Crippen LogP contribution in [0.15, 0.2) is 4.47 Å². The van der Waals surface area contributed by atoms with Crippen LogP contribution in [0.5, 0.6) is 5.88 Å². The van der Waals surface area contributed by atoms with Gasteiger partial charge in [-0.3, -0.25) is 5.10 Å². The zero-order chi connectivity index (χ0) is 10.7. The largest absolute Gasteiger partial charge is 0.476 e. The fourth-order valence-corrected chi connectivity index (χ4v) is 1.26. The molecule has 5 nitrogen and oxygen atoms in total. The number of hydrogen-bond acceptors (Lipinski definition) is 3. The van der Waals surface area contributed by atoms with Crippen molar-refractivity contribution in [3.8, 4) is 5.88 Å². The van der Waals surface area contributed by atoms with Crippen LogP contribution in [-0.4, -0.2) is 27.9 Å². The highest BCUT2D eigenvalue weighted by Gasteiger charge is 2.17. The molecule has 6 heteroatoms. The van der Waals surface area contributed by atoms with E-state index in [1.54, 1.807) is 0 Å². The van der Waals surface area contributed by atoms with Gasteiger partial charge in [0.2, 0.25) is 5.88 Å². The number of carboxylic acids is 1. The molecule has 1 heterocycles. The summed E-state index contributed by atoms with van der Waals surface area (Å²) in [6.07, 6.45) is 0. The van der Waals surface area contributed by atoms with Crippen molar-refractivity contribution in [2.75, 3.05) is 6.61 Å². The standard InChI is InChI=1S/C8H11BrN2O3/c1-4(2)3-14-7-5(9)6(8(12)13)10-11-7/h4H,3H2,1-2H3,(H,10,11)(H,12,13). The normalized spacial score (nSPS) is 10.6. The van der Waals surface area contributed by atoms with Crippen LogP contribution in [0.2, 0.25) is 0 Å². The lowest BCUT2D eigenvalue weighted by atomic mass is 10.2. The first kappa shape index (κ1) is 11.0. The maximum absolute atomic E-state index is 10.6. The Kier molecular flexibility index (Phi) is 3.51. The van der Waals surface area contributed by atoms with Crippen molar-refractivity contribution in [1.29, 1.82) is 0 Å². The molecule has 0 atom stereocenters. The zero-order valence-corrected chi connectivity index (χ0v) is 9.46. The summed E-state index contributed by atoms with van der Waals surface area (Å²) in [5.41, 5.74) is 0.00348. The minimum atomic E-state index is -1.07. The number of aromatic carboxylic acids is 1. The van der Waals surface area contributed by atoms with Gasteiger partial charge in [-0.05, 0) is 21.8 Å². The van der Waals surface area contributed by atoms with Gasteiger partial charge in [-0.1, -0.05) is 13.8 Å². The van der Waals surface area contributed by atoms with Crippen LogP contribution in [0, 0.1) is 5.92 Å². The molecule has 0 spiro atoms. The number of carbonyl (C=O) groups is 1. The number of aromatic amines is 1. The summed E-state index contributed by atoms with van der Waals surface area (Å²) in [7, 11) is 0. The van der Waals surface area contributed by atoms with Gasteiger partial charge in [0, 0.05) is 0 Å². The highest BCUT2D eigenvalue weighted by atomic mass is 79.9. The summed E-state index contributed by atoms with van der Waals surface area (Å²) in [4.78, 5) is 10.6. The van der Waals surface area contributed by atoms with Gasteiger partial charge in [0.05, 0.1) is 6.61 Å². The third-order valence-electron chi connectivity index (χ3n) is 1.44. The topological polar surface area (TPSA) is 75.2 Å². The fraction of sp³-hybridized carbons (Fsp3) is 0.500. The second-order valence-corrected chi connectivity index (χ2v) is 4.02. The first-order chi connectivity index (χ1) is 6.52. The average Bonchev–Trinajstić information content (AvgIpc) is 2.43. The number of aromatic nitrogens is 2. The van der Waals surface area contributed by atoms with Crippen LogP contribution >= 0.6 is 15.9 Å². The summed E-state index contributed by atoms with van der Waals surface area (Å²) < 4.78 is 5.63. The maximum atomic E-state index is 10.6. The summed E-state index contributed by atoms with van der Waals surface area (Å²) >= 11 is 3.10. The van der Waals surface area contributed by atoms with Crippen molar-refractivity contribution in [3.05, 3.63) is 10.2 Å².